The van der Waals surface area contributed by atoms with Gasteiger partial charge in [-0.25, -0.2) is 0 Å². The predicted molar refractivity (Wildman–Crippen MR) is 43.2 cm³/mol. The van der Waals surface area contributed by atoms with Gasteiger partial charge in [0.15, 0.2) is 0 Å². The maximum atomic E-state index is 10.3. The van der Waals surface area contributed by atoms with E-state index in [-0.39, 0.29) is 5.92 Å². The lowest BCUT2D eigenvalue weighted by atomic mass is 10.1. The maximum Gasteiger partial charge on any atom is 0.123 e. The maximum absolute atomic E-state index is 10.3. The van der Waals surface area contributed by atoms with Crippen molar-refractivity contribution in [3.63, 3.8) is 0 Å². The van der Waals surface area contributed by atoms with E-state index in [0.717, 1.165) is 18.4 Å². The third-order valence-corrected chi connectivity index (χ3v) is 1.49. The molecule has 0 saturated carbocycles. The molecule has 0 aliphatic rings. The Morgan fingerprint density at radius 3 is 3.00 bits per heavy atom. The first-order valence-corrected chi connectivity index (χ1v) is 3.68. The molecule has 0 aliphatic heterocycles. The summed E-state index contributed by atoms with van der Waals surface area (Å²) in [6, 6.07) is 5.73. The molecule has 11 heavy (non-hydrogen) atoms. The van der Waals surface area contributed by atoms with E-state index in [0.29, 0.717) is 0 Å². The first kappa shape index (κ1) is 7.92. The van der Waals surface area contributed by atoms with Gasteiger partial charge < -0.3 is 4.79 Å². The van der Waals surface area contributed by atoms with Crippen molar-refractivity contribution in [1.82, 2.24) is 4.98 Å². The standard InChI is InChI=1S/C9H11NO/c1-8(7-11)6-9-4-2-3-5-10-9/h2-5,7-8H,6H2,1H3. The SMILES string of the molecule is CC(C=O)Cc1ccccn1. The lowest BCUT2D eigenvalue weighted by Crippen LogP contribution is -2.01. The molecule has 1 rings (SSSR count). The van der Waals surface area contributed by atoms with Crippen LogP contribution in [0.25, 0.3) is 0 Å². The summed E-state index contributed by atoms with van der Waals surface area (Å²) in [6.45, 7) is 1.89. The molecule has 0 fully saturated rings. The number of carbonyl (C=O) groups excluding carboxylic acids is 1. The largest absolute Gasteiger partial charge is 0.303 e. The van der Waals surface area contributed by atoms with Crippen LogP contribution in [0.2, 0.25) is 0 Å². The van der Waals surface area contributed by atoms with E-state index in [1.54, 1.807) is 6.20 Å². The fourth-order valence-corrected chi connectivity index (χ4v) is 0.897. The highest BCUT2D eigenvalue weighted by Gasteiger charge is 2.00. The van der Waals surface area contributed by atoms with Crippen molar-refractivity contribution in [2.24, 2.45) is 5.92 Å². The average molecular weight is 149 g/mol. The van der Waals surface area contributed by atoms with Crippen LogP contribution in [0.1, 0.15) is 12.6 Å². The topological polar surface area (TPSA) is 30.0 Å². The molecule has 0 N–H and O–H groups in total. The molecule has 1 unspecified atom stereocenters. The quantitative estimate of drug-likeness (QED) is 0.609. The molecule has 2 heteroatoms. The Morgan fingerprint density at radius 2 is 2.45 bits per heavy atom. The van der Waals surface area contributed by atoms with E-state index < -0.39 is 0 Å². The Labute approximate surface area is 66.3 Å². The Hall–Kier alpha value is -1.18. The number of pyridine rings is 1. The number of rotatable bonds is 3. The summed E-state index contributed by atoms with van der Waals surface area (Å²) in [7, 11) is 0. The minimum Gasteiger partial charge on any atom is -0.303 e. The van der Waals surface area contributed by atoms with Gasteiger partial charge in [-0.1, -0.05) is 13.0 Å². The molecular weight excluding hydrogens is 138 g/mol. The van der Waals surface area contributed by atoms with E-state index in [2.05, 4.69) is 4.98 Å². The van der Waals surface area contributed by atoms with Crippen molar-refractivity contribution < 1.29 is 4.79 Å². The Bertz CT molecular complexity index is 220. The Morgan fingerprint density at radius 1 is 1.64 bits per heavy atom. The second-order valence-electron chi connectivity index (χ2n) is 2.64. The fraction of sp³-hybridized carbons (Fsp3) is 0.333. The second kappa shape index (κ2) is 3.86. The van der Waals surface area contributed by atoms with Crippen LogP contribution in [0.3, 0.4) is 0 Å². The van der Waals surface area contributed by atoms with Crippen molar-refractivity contribution in [1.29, 1.82) is 0 Å². The molecule has 1 aromatic heterocycles. The highest BCUT2D eigenvalue weighted by Crippen LogP contribution is 2.01. The van der Waals surface area contributed by atoms with Crippen LogP contribution < -0.4 is 0 Å². The fourth-order valence-electron chi connectivity index (χ4n) is 0.897. The highest BCUT2D eigenvalue weighted by atomic mass is 16.1. The van der Waals surface area contributed by atoms with Gasteiger partial charge in [0, 0.05) is 17.8 Å². The molecule has 1 heterocycles. The second-order valence-corrected chi connectivity index (χ2v) is 2.64. The van der Waals surface area contributed by atoms with Gasteiger partial charge in [-0.2, -0.15) is 0 Å². The Balaban J connectivity index is 2.57. The molecular formula is C9H11NO. The van der Waals surface area contributed by atoms with Crippen LogP contribution in [-0.2, 0) is 11.2 Å². The summed E-state index contributed by atoms with van der Waals surface area (Å²) in [4.78, 5) is 14.4. The monoisotopic (exact) mass is 149 g/mol. The molecule has 0 bridgehead atoms. The molecule has 0 amide bonds. The van der Waals surface area contributed by atoms with E-state index in [1.807, 2.05) is 25.1 Å². The van der Waals surface area contributed by atoms with E-state index >= 15 is 0 Å². The van der Waals surface area contributed by atoms with E-state index in [1.165, 1.54) is 0 Å². The number of carbonyl (C=O) groups is 1. The summed E-state index contributed by atoms with van der Waals surface area (Å²) >= 11 is 0. The molecule has 2 nitrogen and oxygen atoms in total. The van der Waals surface area contributed by atoms with Crippen LogP contribution in [0.4, 0.5) is 0 Å². The molecule has 58 valence electrons. The number of aromatic nitrogens is 1. The van der Waals surface area contributed by atoms with Gasteiger partial charge in [-0.3, -0.25) is 4.98 Å². The molecule has 1 aromatic rings. The van der Waals surface area contributed by atoms with Gasteiger partial charge in [0.1, 0.15) is 6.29 Å². The Kier molecular flexibility index (Phi) is 2.78. The smallest absolute Gasteiger partial charge is 0.123 e. The first-order valence-electron chi connectivity index (χ1n) is 3.68. The van der Waals surface area contributed by atoms with Gasteiger partial charge >= 0.3 is 0 Å². The van der Waals surface area contributed by atoms with Crippen LogP contribution in [-0.4, -0.2) is 11.3 Å². The number of nitrogens with zero attached hydrogens (tertiary/aromatic N) is 1. The first-order chi connectivity index (χ1) is 5.33. The van der Waals surface area contributed by atoms with Crippen molar-refractivity contribution in [2.45, 2.75) is 13.3 Å². The third kappa shape index (κ3) is 2.50. The van der Waals surface area contributed by atoms with Crippen LogP contribution in [0.5, 0.6) is 0 Å². The molecule has 0 saturated heterocycles. The minimum atomic E-state index is 0.0740. The summed E-state index contributed by atoms with van der Waals surface area (Å²) in [5, 5.41) is 0. The summed E-state index contributed by atoms with van der Waals surface area (Å²) < 4.78 is 0. The van der Waals surface area contributed by atoms with Gasteiger partial charge in [0.05, 0.1) is 0 Å². The van der Waals surface area contributed by atoms with Gasteiger partial charge in [0.2, 0.25) is 0 Å². The van der Waals surface area contributed by atoms with Crippen molar-refractivity contribution in [3.05, 3.63) is 30.1 Å². The van der Waals surface area contributed by atoms with Crippen molar-refractivity contribution in [2.75, 3.05) is 0 Å². The number of aldehydes is 1. The van der Waals surface area contributed by atoms with Crippen LogP contribution in [0, 0.1) is 5.92 Å². The average Bonchev–Trinajstić information content (AvgIpc) is 2.06. The van der Waals surface area contributed by atoms with Crippen molar-refractivity contribution >= 4 is 6.29 Å². The minimum absolute atomic E-state index is 0.0740. The molecule has 0 spiro atoms. The number of hydrogen-bond donors (Lipinski definition) is 0. The molecule has 1 atom stereocenters. The van der Waals surface area contributed by atoms with Gasteiger partial charge in [-0.15, -0.1) is 0 Å². The summed E-state index contributed by atoms with van der Waals surface area (Å²) in [5.74, 6) is 0.0740. The highest BCUT2D eigenvalue weighted by molar-refractivity contribution is 5.53. The molecule has 0 aliphatic carbocycles. The third-order valence-electron chi connectivity index (χ3n) is 1.49. The lowest BCUT2D eigenvalue weighted by molar-refractivity contribution is -0.110. The van der Waals surface area contributed by atoms with Gasteiger partial charge in [-0.05, 0) is 18.6 Å². The normalized spacial score (nSPS) is 12.5. The van der Waals surface area contributed by atoms with Crippen molar-refractivity contribution in [3.8, 4) is 0 Å². The zero-order valence-electron chi connectivity index (χ0n) is 6.53. The van der Waals surface area contributed by atoms with E-state index in [9.17, 15) is 4.79 Å². The molecule has 0 aromatic carbocycles. The number of hydrogen-bond acceptors (Lipinski definition) is 2. The van der Waals surface area contributed by atoms with Gasteiger partial charge in [0.25, 0.3) is 0 Å². The summed E-state index contributed by atoms with van der Waals surface area (Å²) in [6.07, 6.45) is 3.44. The summed E-state index contributed by atoms with van der Waals surface area (Å²) in [5.41, 5.74) is 0.979. The zero-order valence-corrected chi connectivity index (χ0v) is 6.53. The molecule has 0 radical (unpaired) electrons. The lowest BCUT2D eigenvalue weighted by Gasteiger charge is -2.00. The predicted octanol–water partition coefficient (Wildman–Crippen LogP) is 1.46. The van der Waals surface area contributed by atoms with Crippen LogP contribution in [0.15, 0.2) is 24.4 Å². The zero-order chi connectivity index (χ0) is 8.10. The van der Waals surface area contributed by atoms with Crippen LogP contribution >= 0.6 is 0 Å². The van der Waals surface area contributed by atoms with E-state index in [4.69, 9.17) is 0 Å².